The average Bonchev–Trinajstić information content (AvgIpc) is 3.08. The molecule has 4 aromatic rings. The predicted molar refractivity (Wildman–Crippen MR) is 172 cm³/mol. The molecule has 1 fully saturated rings. The number of rotatable bonds is 16. The summed E-state index contributed by atoms with van der Waals surface area (Å²) >= 11 is 0. The summed E-state index contributed by atoms with van der Waals surface area (Å²) in [6.07, 6.45) is -3.99. The van der Waals surface area contributed by atoms with Gasteiger partial charge in [-0.1, -0.05) is 121 Å². The molecule has 5 atom stereocenters. The third-order valence-corrected chi connectivity index (χ3v) is 7.73. The minimum atomic E-state index is -2.10. The van der Waals surface area contributed by atoms with Gasteiger partial charge in [0.15, 0.2) is 0 Å². The topological polar surface area (TPSA) is 92.7 Å². The van der Waals surface area contributed by atoms with Crippen LogP contribution in [0, 0.1) is 0 Å². The van der Waals surface area contributed by atoms with E-state index in [0.717, 1.165) is 22.3 Å². The highest BCUT2D eigenvalue weighted by Crippen LogP contribution is 2.38. The smallest absolute Gasteiger partial charge is 0.311 e. The van der Waals surface area contributed by atoms with Gasteiger partial charge < -0.3 is 33.5 Å². The molecule has 8 heteroatoms. The Labute approximate surface area is 270 Å². The lowest BCUT2D eigenvalue weighted by atomic mass is 9.89. The van der Waals surface area contributed by atoms with E-state index in [-0.39, 0.29) is 33.0 Å². The standard InChI is InChI=1S/C38H42O8/c1-2-42-34(39)23-38(40)37(45-27-32-21-13-6-14-22-32)36(44-26-31-19-11-5-12-20-31)35(43-25-30-17-9-4-10-18-30)33(46-38)28-41-24-29-15-7-3-8-16-29/h3-22,33,35-37,40H,2,23-28H2,1H3/t33-,35-,36+,37-,38?/m1/s1. The van der Waals surface area contributed by atoms with E-state index in [2.05, 4.69) is 0 Å². The number of ether oxygens (including phenoxy) is 6. The van der Waals surface area contributed by atoms with Gasteiger partial charge in [-0.05, 0) is 29.2 Å². The van der Waals surface area contributed by atoms with Gasteiger partial charge in [0.25, 0.3) is 0 Å². The lowest BCUT2D eigenvalue weighted by Crippen LogP contribution is -2.67. The SMILES string of the molecule is CCOC(=O)CC1(O)O[C@H](COCc2ccccc2)[C@@H](OCc2ccccc2)[C@H](OCc2ccccc2)[C@H]1OCc1ccccc1. The molecule has 0 amide bonds. The number of benzene rings is 4. The molecular formula is C38H42O8. The summed E-state index contributed by atoms with van der Waals surface area (Å²) < 4.78 is 37.4. The van der Waals surface area contributed by atoms with Crippen LogP contribution in [0.1, 0.15) is 35.6 Å². The second-order valence-corrected chi connectivity index (χ2v) is 11.2. The van der Waals surface area contributed by atoms with E-state index in [1.54, 1.807) is 6.92 Å². The van der Waals surface area contributed by atoms with E-state index in [9.17, 15) is 9.90 Å². The van der Waals surface area contributed by atoms with Crippen LogP contribution in [0.3, 0.4) is 0 Å². The van der Waals surface area contributed by atoms with Crippen LogP contribution in [-0.2, 0) is 59.6 Å². The molecule has 1 heterocycles. The van der Waals surface area contributed by atoms with E-state index in [0.29, 0.717) is 6.61 Å². The van der Waals surface area contributed by atoms with E-state index >= 15 is 0 Å². The molecule has 242 valence electrons. The lowest BCUT2D eigenvalue weighted by Gasteiger charge is -2.50. The van der Waals surface area contributed by atoms with Crippen LogP contribution >= 0.6 is 0 Å². The molecule has 1 aliphatic heterocycles. The molecular weight excluding hydrogens is 584 g/mol. The maximum atomic E-state index is 12.9. The Hall–Kier alpha value is -3.89. The molecule has 1 unspecified atom stereocenters. The maximum absolute atomic E-state index is 12.9. The highest BCUT2D eigenvalue weighted by Gasteiger charge is 2.57. The van der Waals surface area contributed by atoms with Crippen LogP contribution in [-0.4, -0.2) is 54.5 Å². The quantitative estimate of drug-likeness (QED) is 0.152. The van der Waals surface area contributed by atoms with Crippen molar-refractivity contribution in [1.82, 2.24) is 0 Å². The van der Waals surface area contributed by atoms with E-state index < -0.39 is 42.6 Å². The summed E-state index contributed by atoms with van der Waals surface area (Å²) in [5.74, 6) is -2.72. The molecule has 0 radical (unpaired) electrons. The predicted octanol–water partition coefficient (Wildman–Crippen LogP) is 6.00. The summed E-state index contributed by atoms with van der Waals surface area (Å²) in [5, 5.41) is 12.2. The first-order chi connectivity index (χ1) is 22.5. The van der Waals surface area contributed by atoms with Crippen molar-refractivity contribution in [2.75, 3.05) is 13.2 Å². The summed E-state index contributed by atoms with van der Waals surface area (Å²) in [5.41, 5.74) is 3.77. The van der Waals surface area contributed by atoms with Crippen molar-refractivity contribution in [3.63, 3.8) is 0 Å². The van der Waals surface area contributed by atoms with Crippen molar-refractivity contribution in [3.05, 3.63) is 144 Å². The van der Waals surface area contributed by atoms with Gasteiger partial charge in [0.05, 0.1) is 39.6 Å². The zero-order valence-electron chi connectivity index (χ0n) is 26.1. The Morgan fingerprint density at radius 1 is 0.652 bits per heavy atom. The van der Waals surface area contributed by atoms with Gasteiger partial charge in [-0.25, -0.2) is 0 Å². The zero-order chi connectivity index (χ0) is 32.0. The monoisotopic (exact) mass is 626 g/mol. The van der Waals surface area contributed by atoms with E-state index in [1.807, 2.05) is 121 Å². The third-order valence-electron chi connectivity index (χ3n) is 7.73. The highest BCUT2D eigenvalue weighted by atomic mass is 16.7. The minimum Gasteiger partial charge on any atom is -0.466 e. The fourth-order valence-corrected chi connectivity index (χ4v) is 5.50. The summed E-state index contributed by atoms with van der Waals surface area (Å²) in [6.45, 7) is 2.89. The Morgan fingerprint density at radius 2 is 1.09 bits per heavy atom. The van der Waals surface area contributed by atoms with Crippen LogP contribution in [0.4, 0.5) is 0 Å². The Balaban J connectivity index is 1.48. The van der Waals surface area contributed by atoms with Crippen LogP contribution in [0.15, 0.2) is 121 Å². The lowest BCUT2D eigenvalue weighted by molar-refractivity contribution is -0.370. The van der Waals surface area contributed by atoms with Crippen LogP contribution in [0.25, 0.3) is 0 Å². The van der Waals surface area contributed by atoms with E-state index in [1.165, 1.54) is 0 Å². The number of hydrogen-bond acceptors (Lipinski definition) is 8. The van der Waals surface area contributed by atoms with Gasteiger partial charge in [0.2, 0.25) is 5.79 Å². The largest absolute Gasteiger partial charge is 0.466 e. The second kappa shape index (κ2) is 17.1. The number of esters is 1. The first-order valence-electron chi connectivity index (χ1n) is 15.7. The van der Waals surface area contributed by atoms with Gasteiger partial charge in [-0.15, -0.1) is 0 Å². The molecule has 4 aromatic carbocycles. The van der Waals surface area contributed by atoms with Gasteiger partial charge in [-0.2, -0.15) is 0 Å². The van der Waals surface area contributed by atoms with Gasteiger partial charge in [-0.3, -0.25) is 4.79 Å². The second-order valence-electron chi connectivity index (χ2n) is 11.2. The molecule has 0 aromatic heterocycles. The molecule has 0 bridgehead atoms. The molecule has 8 nitrogen and oxygen atoms in total. The van der Waals surface area contributed by atoms with Crippen molar-refractivity contribution in [2.45, 2.75) is 70.0 Å². The highest BCUT2D eigenvalue weighted by molar-refractivity contribution is 5.70. The third kappa shape index (κ3) is 9.56. The summed E-state index contributed by atoms with van der Waals surface area (Å²) in [4.78, 5) is 12.9. The number of hydrogen-bond donors (Lipinski definition) is 1. The normalized spacial score (nSPS) is 22.7. The minimum absolute atomic E-state index is 0.0656. The number of aliphatic hydroxyl groups is 1. The molecule has 5 rings (SSSR count). The Kier molecular flexibility index (Phi) is 12.5. The average molecular weight is 627 g/mol. The van der Waals surface area contributed by atoms with Gasteiger partial charge >= 0.3 is 5.97 Å². The number of carbonyl (C=O) groups excluding carboxylic acids is 1. The molecule has 1 saturated heterocycles. The summed E-state index contributed by atoms with van der Waals surface area (Å²) in [6, 6.07) is 38.9. The first-order valence-corrected chi connectivity index (χ1v) is 15.7. The Bertz CT molecular complexity index is 1440. The fourth-order valence-electron chi connectivity index (χ4n) is 5.50. The van der Waals surface area contributed by atoms with Crippen molar-refractivity contribution in [2.24, 2.45) is 0 Å². The van der Waals surface area contributed by atoms with Gasteiger partial charge in [0.1, 0.15) is 30.8 Å². The van der Waals surface area contributed by atoms with Crippen molar-refractivity contribution in [1.29, 1.82) is 0 Å². The van der Waals surface area contributed by atoms with Crippen LogP contribution in [0.2, 0.25) is 0 Å². The Morgan fingerprint density at radius 3 is 1.57 bits per heavy atom. The molecule has 0 saturated carbocycles. The van der Waals surface area contributed by atoms with E-state index in [4.69, 9.17) is 28.4 Å². The van der Waals surface area contributed by atoms with Crippen molar-refractivity contribution in [3.8, 4) is 0 Å². The van der Waals surface area contributed by atoms with Crippen LogP contribution < -0.4 is 0 Å². The molecule has 46 heavy (non-hydrogen) atoms. The molecule has 0 spiro atoms. The summed E-state index contributed by atoms with van der Waals surface area (Å²) in [7, 11) is 0. The first kappa shape index (κ1) is 33.5. The van der Waals surface area contributed by atoms with Gasteiger partial charge in [0, 0.05) is 0 Å². The molecule has 1 N–H and O–H groups in total. The van der Waals surface area contributed by atoms with Crippen molar-refractivity contribution < 1.29 is 38.3 Å². The maximum Gasteiger partial charge on any atom is 0.311 e. The molecule has 0 aliphatic carbocycles. The van der Waals surface area contributed by atoms with Crippen LogP contribution in [0.5, 0.6) is 0 Å². The molecule has 1 aliphatic rings. The fraction of sp³-hybridized carbons (Fsp3) is 0.342. The number of carbonyl (C=O) groups is 1. The zero-order valence-corrected chi connectivity index (χ0v) is 26.1. The van der Waals surface area contributed by atoms with Crippen molar-refractivity contribution >= 4 is 5.97 Å².